The monoisotopic (exact) mass is 465 g/mol. The second-order valence-electron chi connectivity index (χ2n) is 8.91. The zero-order valence-electron chi connectivity index (χ0n) is 19.9. The molecule has 0 saturated carbocycles. The summed E-state index contributed by atoms with van der Waals surface area (Å²) in [4.78, 5) is 15.3. The molecule has 0 radical (unpaired) electrons. The van der Waals surface area contributed by atoms with Crippen LogP contribution in [0.3, 0.4) is 0 Å². The number of aryl methyl sites for hydroxylation is 1. The molecular weight excluding hydrogens is 434 g/mol. The number of nitro groups is 1. The average Bonchev–Trinajstić information content (AvgIpc) is 3.32. The molecular formula is C24H31N7O3. The first-order chi connectivity index (χ1) is 16.5. The van der Waals surface area contributed by atoms with Crippen LogP contribution < -0.4 is 9.64 Å². The highest BCUT2D eigenvalue weighted by Crippen LogP contribution is 2.31. The lowest BCUT2D eigenvalue weighted by Gasteiger charge is -2.40. The quantitative estimate of drug-likeness (QED) is 0.349. The number of piperazine rings is 1. The second-order valence-corrected chi connectivity index (χ2v) is 8.91. The van der Waals surface area contributed by atoms with Crippen LogP contribution >= 0.6 is 0 Å². The first-order valence-corrected chi connectivity index (χ1v) is 11.6. The second kappa shape index (κ2) is 10.6. The van der Waals surface area contributed by atoms with E-state index in [1.54, 1.807) is 19.2 Å². The van der Waals surface area contributed by atoms with E-state index in [4.69, 9.17) is 4.74 Å². The van der Waals surface area contributed by atoms with E-state index in [0.29, 0.717) is 5.92 Å². The highest BCUT2D eigenvalue weighted by atomic mass is 16.6. The summed E-state index contributed by atoms with van der Waals surface area (Å²) in [5.41, 5.74) is 2.22. The van der Waals surface area contributed by atoms with Gasteiger partial charge in [0, 0.05) is 50.5 Å². The summed E-state index contributed by atoms with van der Waals surface area (Å²) in [5, 5.41) is 23.7. The van der Waals surface area contributed by atoms with Gasteiger partial charge in [-0.15, -0.1) is 5.10 Å². The van der Waals surface area contributed by atoms with Crippen LogP contribution in [0.1, 0.15) is 37.7 Å². The number of ether oxygens (including phenoxy) is 1. The van der Waals surface area contributed by atoms with Crippen molar-refractivity contribution in [3.8, 4) is 5.75 Å². The third-order valence-electron chi connectivity index (χ3n) is 6.26. The van der Waals surface area contributed by atoms with Crippen molar-refractivity contribution in [2.75, 3.05) is 38.2 Å². The molecule has 0 aliphatic carbocycles. The van der Waals surface area contributed by atoms with E-state index >= 15 is 0 Å². The zero-order chi connectivity index (χ0) is 24.1. The summed E-state index contributed by atoms with van der Waals surface area (Å²) in [6, 6.07) is 14.8. The molecule has 2 heterocycles. The van der Waals surface area contributed by atoms with Gasteiger partial charge in [-0.3, -0.25) is 15.0 Å². The van der Waals surface area contributed by atoms with Gasteiger partial charge in [0.25, 0.3) is 5.69 Å². The Hall–Kier alpha value is -3.53. The summed E-state index contributed by atoms with van der Waals surface area (Å²) in [5.74, 6) is 2.21. The molecule has 1 fully saturated rings. The average molecular weight is 466 g/mol. The summed E-state index contributed by atoms with van der Waals surface area (Å²) in [6.45, 7) is 8.39. The lowest BCUT2D eigenvalue weighted by molar-refractivity contribution is -0.384. The Morgan fingerprint density at radius 3 is 2.29 bits per heavy atom. The lowest BCUT2D eigenvalue weighted by Crippen LogP contribution is -2.48. The Bertz CT molecular complexity index is 1070. The van der Waals surface area contributed by atoms with E-state index in [2.05, 4.69) is 51.3 Å². The smallest absolute Gasteiger partial charge is 0.269 e. The maximum Gasteiger partial charge on any atom is 0.269 e. The summed E-state index contributed by atoms with van der Waals surface area (Å²) < 4.78 is 7.28. The van der Waals surface area contributed by atoms with Crippen LogP contribution in [-0.4, -0.2) is 63.3 Å². The maximum absolute atomic E-state index is 11.0. The number of tetrazole rings is 1. The fourth-order valence-electron chi connectivity index (χ4n) is 4.28. The van der Waals surface area contributed by atoms with E-state index in [9.17, 15) is 10.1 Å². The molecule has 1 atom stereocenters. The van der Waals surface area contributed by atoms with Gasteiger partial charge in [-0.1, -0.05) is 26.0 Å². The third kappa shape index (κ3) is 5.33. The van der Waals surface area contributed by atoms with Crippen molar-refractivity contribution >= 4 is 11.4 Å². The zero-order valence-corrected chi connectivity index (χ0v) is 19.9. The van der Waals surface area contributed by atoms with Crippen molar-refractivity contribution < 1.29 is 9.66 Å². The van der Waals surface area contributed by atoms with Gasteiger partial charge in [-0.25, -0.2) is 4.68 Å². The number of nitro benzene ring substituents is 1. The minimum atomic E-state index is -0.370. The van der Waals surface area contributed by atoms with Crippen LogP contribution in [0, 0.1) is 16.0 Å². The number of benzene rings is 2. The van der Waals surface area contributed by atoms with Gasteiger partial charge in [0.1, 0.15) is 5.75 Å². The van der Waals surface area contributed by atoms with E-state index in [1.165, 1.54) is 0 Å². The Kier molecular flexibility index (Phi) is 7.36. The molecule has 2 aromatic carbocycles. The Morgan fingerprint density at radius 1 is 1.03 bits per heavy atom. The number of rotatable bonds is 9. The fraction of sp³-hybridized carbons (Fsp3) is 0.458. The minimum absolute atomic E-state index is 0.0768. The molecule has 180 valence electrons. The fourth-order valence-corrected chi connectivity index (χ4v) is 4.28. The highest BCUT2D eigenvalue weighted by Gasteiger charge is 2.31. The summed E-state index contributed by atoms with van der Waals surface area (Å²) in [6.07, 6.45) is 1.00. The number of non-ortho nitro benzene ring substituents is 1. The van der Waals surface area contributed by atoms with Crippen molar-refractivity contribution in [1.29, 1.82) is 0 Å². The first-order valence-electron chi connectivity index (χ1n) is 11.6. The van der Waals surface area contributed by atoms with Gasteiger partial charge in [0.2, 0.25) is 0 Å². The van der Waals surface area contributed by atoms with E-state index in [1.807, 2.05) is 28.9 Å². The number of aromatic nitrogens is 4. The molecule has 10 heteroatoms. The molecule has 1 aliphatic heterocycles. The van der Waals surface area contributed by atoms with Gasteiger partial charge in [-0.05, 0) is 52.6 Å². The Morgan fingerprint density at radius 2 is 1.71 bits per heavy atom. The SMILES string of the molecule is COc1ccc(C(c2nnnn2CCC(C)C)N2CCN(c3ccc([N+](=O)[O-])cc3)CC2)cc1. The summed E-state index contributed by atoms with van der Waals surface area (Å²) >= 11 is 0. The summed E-state index contributed by atoms with van der Waals surface area (Å²) in [7, 11) is 1.66. The number of hydrogen-bond acceptors (Lipinski definition) is 8. The largest absolute Gasteiger partial charge is 0.497 e. The van der Waals surface area contributed by atoms with Crippen LogP contribution in [0.5, 0.6) is 5.75 Å². The maximum atomic E-state index is 11.0. The number of methoxy groups -OCH3 is 1. The van der Waals surface area contributed by atoms with E-state index < -0.39 is 0 Å². The van der Waals surface area contributed by atoms with E-state index in [0.717, 1.165) is 62.0 Å². The lowest BCUT2D eigenvalue weighted by atomic mass is 10.0. The topological polar surface area (TPSA) is 102 Å². The molecule has 0 N–H and O–H groups in total. The molecule has 1 saturated heterocycles. The van der Waals surface area contributed by atoms with E-state index in [-0.39, 0.29) is 16.7 Å². The normalized spacial score (nSPS) is 15.5. The molecule has 0 amide bonds. The van der Waals surface area contributed by atoms with Crippen LogP contribution in [-0.2, 0) is 6.54 Å². The Balaban J connectivity index is 1.55. The molecule has 0 bridgehead atoms. The Labute approximate surface area is 199 Å². The van der Waals surface area contributed by atoms with Crippen molar-refractivity contribution in [1.82, 2.24) is 25.1 Å². The van der Waals surface area contributed by atoms with Gasteiger partial charge in [-0.2, -0.15) is 0 Å². The highest BCUT2D eigenvalue weighted by molar-refractivity contribution is 5.51. The molecule has 4 rings (SSSR count). The van der Waals surface area contributed by atoms with Crippen LogP contribution in [0.25, 0.3) is 0 Å². The van der Waals surface area contributed by atoms with Gasteiger partial charge >= 0.3 is 0 Å². The molecule has 3 aromatic rings. The molecule has 1 aliphatic rings. The molecule has 10 nitrogen and oxygen atoms in total. The van der Waals surface area contributed by atoms with Crippen molar-refractivity contribution in [3.63, 3.8) is 0 Å². The van der Waals surface area contributed by atoms with Crippen molar-refractivity contribution in [2.24, 2.45) is 5.92 Å². The minimum Gasteiger partial charge on any atom is -0.497 e. The molecule has 34 heavy (non-hydrogen) atoms. The molecule has 1 aromatic heterocycles. The van der Waals surface area contributed by atoms with Crippen LogP contribution in [0.2, 0.25) is 0 Å². The van der Waals surface area contributed by atoms with Crippen molar-refractivity contribution in [2.45, 2.75) is 32.9 Å². The van der Waals surface area contributed by atoms with Gasteiger partial charge < -0.3 is 9.64 Å². The third-order valence-corrected chi connectivity index (χ3v) is 6.26. The van der Waals surface area contributed by atoms with Crippen molar-refractivity contribution in [3.05, 3.63) is 70.0 Å². The standard InChI is InChI=1S/C24H31N7O3/c1-18(2)12-13-30-24(25-26-27-30)23(19-4-10-22(34-3)11-5-19)29-16-14-28(15-17-29)20-6-8-21(9-7-20)31(32)33/h4-11,18,23H,12-17H2,1-3H3. The molecule has 0 spiro atoms. The molecule has 1 unspecified atom stereocenters. The predicted octanol–water partition coefficient (Wildman–Crippen LogP) is 3.55. The van der Waals surface area contributed by atoms with Gasteiger partial charge in [0.15, 0.2) is 5.82 Å². The van der Waals surface area contributed by atoms with Crippen LogP contribution in [0.4, 0.5) is 11.4 Å². The first kappa shape index (κ1) is 23.6. The number of anilines is 1. The van der Waals surface area contributed by atoms with Crippen LogP contribution in [0.15, 0.2) is 48.5 Å². The van der Waals surface area contributed by atoms with Gasteiger partial charge in [0.05, 0.1) is 18.1 Å². The predicted molar refractivity (Wildman–Crippen MR) is 129 cm³/mol. The number of hydrogen-bond donors (Lipinski definition) is 0. The number of nitrogens with zero attached hydrogens (tertiary/aromatic N) is 7.